The van der Waals surface area contributed by atoms with Crippen LogP contribution >= 0.6 is 0 Å². The van der Waals surface area contributed by atoms with Gasteiger partial charge in [-0.15, -0.1) is 0 Å². The quantitative estimate of drug-likeness (QED) is 0.807. The van der Waals surface area contributed by atoms with Crippen molar-refractivity contribution in [3.05, 3.63) is 0 Å². The van der Waals surface area contributed by atoms with E-state index in [1.165, 1.54) is 71.2 Å². The van der Waals surface area contributed by atoms with E-state index in [1.807, 2.05) is 0 Å². The lowest BCUT2D eigenvalue weighted by atomic mass is 9.79. The molecule has 1 aliphatic heterocycles. The molecule has 0 atom stereocenters. The maximum atomic E-state index is 6.18. The summed E-state index contributed by atoms with van der Waals surface area (Å²) in [7, 11) is 0. The lowest BCUT2D eigenvalue weighted by Gasteiger charge is -2.45. The van der Waals surface area contributed by atoms with Crippen molar-refractivity contribution in [3.8, 4) is 0 Å². The smallest absolute Gasteiger partial charge is 0.0126 e. The van der Waals surface area contributed by atoms with Crippen LogP contribution in [0, 0.1) is 5.41 Å². The van der Waals surface area contributed by atoms with Gasteiger partial charge in [0.05, 0.1) is 0 Å². The summed E-state index contributed by atoms with van der Waals surface area (Å²) in [4.78, 5) is 5.30. The third-order valence-electron chi connectivity index (χ3n) is 5.48. The normalized spacial score (nSPS) is 26.4. The summed E-state index contributed by atoms with van der Waals surface area (Å²) in [5.41, 5.74) is 6.92. The first kappa shape index (κ1) is 16.3. The van der Waals surface area contributed by atoms with Gasteiger partial charge in [0.2, 0.25) is 0 Å². The first-order valence-electron chi connectivity index (χ1n) is 8.63. The van der Waals surface area contributed by atoms with Gasteiger partial charge in [-0.25, -0.2) is 0 Å². The summed E-state index contributed by atoms with van der Waals surface area (Å²) < 4.78 is 0. The van der Waals surface area contributed by atoms with Crippen molar-refractivity contribution >= 4 is 0 Å². The van der Waals surface area contributed by atoms with Crippen molar-refractivity contribution in [1.82, 2.24) is 9.80 Å². The highest BCUT2D eigenvalue weighted by Crippen LogP contribution is 2.35. The molecule has 3 heteroatoms. The van der Waals surface area contributed by atoms with Crippen molar-refractivity contribution in [2.24, 2.45) is 11.1 Å². The molecule has 20 heavy (non-hydrogen) atoms. The van der Waals surface area contributed by atoms with E-state index in [9.17, 15) is 0 Å². The zero-order valence-electron chi connectivity index (χ0n) is 14.0. The summed E-state index contributed by atoms with van der Waals surface area (Å²) in [5.74, 6) is 0. The molecule has 2 rings (SSSR count). The largest absolute Gasteiger partial charge is 0.330 e. The van der Waals surface area contributed by atoms with E-state index in [0.29, 0.717) is 11.0 Å². The van der Waals surface area contributed by atoms with Crippen LogP contribution < -0.4 is 5.73 Å². The molecule has 0 radical (unpaired) electrons. The molecule has 0 spiro atoms. The average molecular weight is 281 g/mol. The molecule has 2 N–H and O–H groups in total. The fourth-order valence-electron chi connectivity index (χ4n) is 3.96. The van der Waals surface area contributed by atoms with E-state index < -0.39 is 0 Å². The van der Waals surface area contributed by atoms with Gasteiger partial charge < -0.3 is 10.6 Å². The lowest BCUT2D eigenvalue weighted by molar-refractivity contribution is 0.0371. The molecule has 0 aromatic heterocycles. The van der Waals surface area contributed by atoms with E-state index in [-0.39, 0.29) is 0 Å². The Balaban J connectivity index is 1.87. The highest BCUT2D eigenvalue weighted by Gasteiger charge is 2.33. The van der Waals surface area contributed by atoms with Gasteiger partial charge in [-0.3, -0.25) is 4.90 Å². The van der Waals surface area contributed by atoms with Crippen LogP contribution in [0.5, 0.6) is 0 Å². The number of hydrogen-bond acceptors (Lipinski definition) is 3. The lowest BCUT2D eigenvalue weighted by Crippen LogP contribution is -2.55. The number of nitrogens with zero attached hydrogens (tertiary/aromatic N) is 2. The Morgan fingerprint density at radius 1 is 0.900 bits per heavy atom. The third kappa shape index (κ3) is 4.19. The topological polar surface area (TPSA) is 32.5 Å². The van der Waals surface area contributed by atoms with Crippen LogP contribution in [0.15, 0.2) is 0 Å². The van der Waals surface area contributed by atoms with Gasteiger partial charge in [-0.2, -0.15) is 0 Å². The number of nitrogens with two attached hydrogens (primary N) is 1. The summed E-state index contributed by atoms with van der Waals surface area (Å²) in [5, 5.41) is 0. The fourth-order valence-corrected chi connectivity index (χ4v) is 3.96. The summed E-state index contributed by atoms with van der Waals surface area (Å²) in [6.07, 6.45) is 8.31. The maximum Gasteiger partial charge on any atom is 0.0126 e. The minimum absolute atomic E-state index is 0.319. The van der Waals surface area contributed by atoms with Crippen LogP contribution in [0.25, 0.3) is 0 Å². The Morgan fingerprint density at radius 2 is 1.45 bits per heavy atom. The van der Waals surface area contributed by atoms with E-state index in [2.05, 4.69) is 30.6 Å². The Morgan fingerprint density at radius 3 is 1.90 bits per heavy atom. The van der Waals surface area contributed by atoms with Gasteiger partial charge in [0.15, 0.2) is 0 Å². The Labute approximate surface area is 125 Å². The molecule has 2 fully saturated rings. The van der Waals surface area contributed by atoms with E-state index >= 15 is 0 Å². The van der Waals surface area contributed by atoms with Crippen LogP contribution in [0.1, 0.15) is 59.3 Å². The van der Waals surface area contributed by atoms with Gasteiger partial charge in [-0.1, -0.05) is 25.7 Å². The van der Waals surface area contributed by atoms with Crippen LogP contribution in [0.4, 0.5) is 0 Å². The van der Waals surface area contributed by atoms with Crippen LogP contribution in [0.3, 0.4) is 0 Å². The maximum absolute atomic E-state index is 6.18. The molecule has 2 aliphatic rings. The van der Waals surface area contributed by atoms with Gasteiger partial charge in [0.25, 0.3) is 0 Å². The predicted octanol–water partition coefficient (Wildman–Crippen LogP) is 2.70. The highest BCUT2D eigenvalue weighted by molar-refractivity contribution is 4.89. The van der Waals surface area contributed by atoms with Crippen LogP contribution in [-0.2, 0) is 0 Å². The minimum atomic E-state index is 0.319. The molecular formula is C17H35N3. The number of rotatable bonds is 3. The van der Waals surface area contributed by atoms with E-state index in [4.69, 9.17) is 5.73 Å². The molecule has 0 aromatic rings. The van der Waals surface area contributed by atoms with Gasteiger partial charge in [0, 0.05) is 38.3 Å². The number of piperazine rings is 1. The zero-order chi connectivity index (χ0) is 14.6. The van der Waals surface area contributed by atoms with Gasteiger partial charge in [-0.05, 0) is 45.6 Å². The molecular weight excluding hydrogens is 246 g/mol. The van der Waals surface area contributed by atoms with Gasteiger partial charge >= 0.3 is 0 Å². The molecule has 118 valence electrons. The molecule has 0 bridgehead atoms. The Kier molecular flexibility index (Phi) is 5.49. The first-order valence-corrected chi connectivity index (χ1v) is 8.63. The van der Waals surface area contributed by atoms with Crippen LogP contribution in [0.2, 0.25) is 0 Å². The molecule has 0 aromatic carbocycles. The first-order chi connectivity index (χ1) is 9.45. The molecule has 1 saturated carbocycles. The summed E-state index contributed by atoms with van der Waals surface area (Å²) in [6, 6.07) is 0. The number of hydrogen-bond donors (Lipinski definition) is 1. The fraction of sp³-hybridized carbons (Fsp3) is 1.00. The molecule has 0 unspecified atom stereocenters. The van der Waals surface area contributed by atoms with Gasteiger partial charge in [0.1, 0.15) is 0 Å². The summed E-state index contributed by atoms with van der Waals surface area (Å²) in [6.45, 7) is 14.0. The Bertz CT molecular complexity index is 279. The van der Waals surface area contributed by atoms with Crippen LogP contribution in [-0.4, -0.2) is 54.6 Å². The average Bonchev–Trinajstić information content (AvgIpc) is 2.64. The molecule has 1 heterocycles. The Hall–Kier alpha value is -0.120. The third-order valence-corrected chi connectivity index (χ3v) is 5.48. The predicted molar refractivity (Wildman–Crippen MR) is 87.0 cm³/mol. The van der Waals surface area contributed by atoms with Crippen molar-refractivity contribution in [1.29, 1.82) is 0 Å². The van der Waals surface area contributed by atoms with Crippen molar-refractivity contribution in [2.45, 2.75) is 64.8 Å². The molecule has 1 aliphatic carbocycles. The monoisotopic (exact) mass is 281 g/mol. The van der Waals surface area contributed by atoms with Crippen molar-refractivity contribution < 1.29 is 0 Å². The molecule has 0 amide bonds. The second-order valence-electron chi connectivity index (χ2n) is 8.05. The van der Waals surface area contributed by atoms with Crippen molar-refractivity contribution in [3.63, 3.8) is 0 Å². The molecule has 3 nitrogen and oxygen atoms in total. The van der Waals surface area contributed by atoms with Crippen molar-refractivity contribution in [2.75, 3.05) is 39.3 Å². The second-order valence-corrected chi connectivity index (χ2v) is 8.05. The zero-order valence-corrected chi connectivity index (χ0v) is 14.0. The van der Waals surface area contributed by atoms with E-state index in [0.717, 1.165) is 6.54 Å². The standard InChI is InChI=1S/C17H35N3/c1-16(2,3)20-12-10-19(11-13-20)15-17(14-18)8-6-4-5-7-9-17/h4-15,18H2,1-3H3. The highest BCUT2D eigenvalue weighted by atomic mass is 15.3. The SMILES string of the molecule is CC(C)(C)N1CCN(CC2(CN)CCCCCC2)CC1. The minimum Gasteiger partial charge on any atom is -0.330 e. The van der Waals surface area contributed by atoms with E-state index in [1.54, 1.807) is 0 Å². The second kappa shape index (κ2) is 6.76. The summed E-state index contributed by atoms with van der Waals surface area (Å²) >= 11 is 0. The molecule has 1 saturated heterocycles.